The fourth-order valence-electron chi connectivity index (χ4n) is 0.230. The van der Waals surface area contributed by atoms with E-state index in [1.807, 2.05) is 0 Å². The molecule has 0 saturated heterocycles. The molecule has 1 unspecified atom stereocenters. The molecule has 1 atom stereocenters. The maximum Gasteiger partial charge on any atom is 0.506 e. The third kappa shape index (κ3) is 3.23. The van der Waals surface area contributed by atoms with Crippen molar-refractivity contribution in [2.24, 2.45) is 0 Å². The quantitative estimate of drug-likeness (QED) is 0.289. The first-order valence-electron chi connectivity index (χ1n) is 2.40. The lowest BCUT2D eigenvalue weighted by Crippen LogP contribution is -2.42. The molecule has 0 amide bonds. The van der Waals surface area contributed by atoms with Gasteiger partial charge >= 0.3 is 12.1 Å². The number of rotatable bonds is 2. The zero-order valence-corrected chi connectivity index (χ0v) is 5.18. The first kappa shape index (κ1) is 9.15. The molecule has 0 aromatic rings. The Labute approximate surface area is 56.3 Å². The van der Waals surface area contributed by atoms with Gasteiger partial charge in [-0.15, -0.1) is 0 Å². The number of hydrogen-bond donors (Lipinski definition) is 4. The van der Waals surface area contributed by atoms with Crippen LogP contribution in [0, 0.1) is 0 Å². The summed E-state index contributed by atoms with van der Waals surface area (Å²) in [5.74, 6) is -3.11. The van der Waals surface area contributed by atoms with Crippen LogP contribution in [-0.4, -0.2) is 38.7 Å². The minimum Gasteiger partial charge on any atom is -0.450 e. The second-order valence-electron chi connectivity index (χ2n) is 1.71. The Kier molecular flexibility index (Phi) is 2.58. The molecule has 60 valence electrons. The summed E-state index contributed by atoms with van der Waals surface area (Å²) in [6, 6.07) is 0. The number of hydrogen-bond acceptors (Lipinski definition) is 5. The third-order valence-electron chi connectivity index (χ3n) is 0.823. The standard InChI is InChI=1S/C4H8O6/c1-2(4(7,8)9)10-3(5)6/h2,7-9H,1H3,(H,5,6). The topological polar surface area (TPSA) is 107 Å². The predicted octanol–water partition coefficient (Wildman–Crippen LogP) is -1.30. The van der Waals surface area contributed by atoms with Gasteiger partial charge in [0.05, 0.1) is 0 Å². The number of carboxylic acid groups (broad SMARTS) is 1. The number of ether oxygens (including phenoxy) is 1. The lowest BCUT2D eigenvalue weighted by atomic mass is 10.3. The summed E-state index contributed by atoms with van der Waals surface area (Å²) >= 11 is 0. The molecule has 0 rings (SSSR count). The van der Waals surface area contributed by atoms with Gasteiger partial charge in [0, 0.05) is 0 Å². The van der Waals surface area contributed by atoms with Crippen LogP contribution in [0.4, 0.5) is 4.79 Å². The van der Waals surface area contributed by atoms with Crippen LogP contribution in [0.3, 0.4) is 0 Å². The Morgan fingerprint density at radius 1 is 1.50 bits per heavy atom. The van der Waals surface area contributed by atoms with Crippen molar-refractivity contribution >= 4 is 6.16 Å². The largest absolute Gasteiger partial charge is 0.506 e. The third-order valence-corrected chi connectivity index (χ3v) is 0.823. The molecule has 6 nitrogen and oxygen atoms in total. The van der Waals surface area contributed by atoms with Gasteiger partial charge in [0.2, 0.25) is 0 Å². The maximum absolute atomic E-state index is 9.70. The number of carbonyl (C=O) groups is 1. The van der Waals surface area contributed by atoms with Gasteiger partial charge in [-0.3, -0.25) is 0 Å². The van der Waals surface area contributed by atoms with Crippen molar-refractivity contribution in [3.63, 3.8) is 0 Å². The molecule has 0 spiro atoms. The average Bonchev–Trinajstić information content (AvgIpc) is 1.60. The Morgan fingerprint density at radius 3 is 2.00 bits per heavy atom. The van der Waals surface area contributed by atoms with E-state index in [0.29, 0.717) is 0 Å². The molecule has 0 aliphatic rings. The normalized spacial score (nSPS) is 14.4. The van der Waals surface area contributed by atoms with E-state index in [9.17, 15) is 4.79 Å². The Balaban J connectivity index is 3.85. The highest BCUT2D eigenvalue weighted by Crippen LogP contribution is 2.05. The van der Waals surface area contributed by atoms with E-state index in [4.69, 9.17) is 20.4 Å². The van der Waals surface area contributed by atoms with Gasteiger partial charge < -0.3 is 25.2 Å². The molecule has 0 aliphatic heterocycles. The molecular formula is C4H8O6. The lowest BCUT2D eigenvalue weighted by molar-refractivity contribution is -0.351. The van der Waals surface area contributed by atoms with Crippen molar-refractivity contribution in [1.82, 2.24) is 0 Å². The van der Waals surface area contributed by atoms with E-state index in [2.05, 4.69) is 4.74 Å². The lowest BCUT2D eigenvalue weighted by Gasteiger charge is -2.20. The Hall–Kier alpha value is -0.850. The van der Waals surface area contributed by atoms with E-state index in [0.717, 1.165) is 6.92 Å². The van der Waals surface area contributed by atoms with E-state index in [1.54, 1.807) is 0 Å². The highest BCUT2D eigenvalue weighted by Gasteiger charge is 2.31. The van der Waals surface area contributed by atoms with Crippen molar-refractivity contribution in [3.8, 4) is 0 Å². The fraction of sp³-hybridized carbons (Fsp3) is 0.750. The fourth-order valence-corrected chi connectivity index (χ4v) is 0.230. The van der Waals surface area contributed by atoms with E-state index < -0.39 is 18.2 Å². The molecule has 4 N–H and O–H groups in total. The van der Waals surface area contributed by atoms with Crippen LogP contribution in [0.25, 0.3) is 0 Å². The molecule has 0 heterocycles. The van der Waals surface area contributed by atoms with Crippen molar-refractivity contribution in [1.29, 1.82) is 0 Å². The smallest absolute Gasteiger partial charge is 0.450 e. The zero-order chi connectivity index (χ0) is 8.36. The van der Waals surface area contributed by atoms with Crippen LogP contribution in [-0.2, 0) is 4.74 Å². The molecule has 10 heavy (non-hydrogen) atoms. The summed E-state index contributed by atoms with van der Waals surface area (Å²) in [6.07, 6.45) is -3.28. The van der Waals surface area contributed by atoms with Crippen LogP contribution in [0.15, 0.2) is 0 Å². The van der Waals surface area contributed by atoms with Gasteiger partial charge in [-0.1, -0.05) is 0 Å². The molecule has 0 saturated carbocycles. The van der Waals surface area contributed by atoms with Gasteiger partial charge in [-0.25, -0.2) is 4.79 Å². The minimum absolute atomic E-state index is 0.994. The van der Waals surface area contributed by atoms with Gasteiger partial charge in [0.1, 0.15) is 0 Å². The van der Waals surface area contributed by atoms with E-state index >= 15 is 0 Å². The van der Waals surface area contributed by atoms with Crippen LogP contribution in [0.1, 0.15) is 6.92 Å². The van der Waals surface area contributed by atoms with Crippen molar-refractivity contribution in [2.45, 2.75) is 19.0 Å². The molecular weight excluding hydrogens is 144 g/mol. The van der Waals surface area contributed by atoms with Gasteiger partial charge in [-0.2, -0.15) is 0 Å². The predicted molar refractivity (Wildman–Crippen MR) is 28.0 cm³/mol. The van der Waals surface area contributed by atoms with Gasteiger partial charge in [-0.05, 0) is 6.92 Å². The number of aliphatic hydroxyl groups is 3. The van der Waals surface area contributed by atoms with E-state index in [-0.39, 0.29) is 0 Å². The molecule has 0 aromatic heterocycles. The van der Waals surface area contributed by atoms with E-state index in [1.165, 1.54) is 0 Å². The maximum atomic E-state index is 9.70. The van der Waals surface area contributed by atoms with Crippen LogP contribution >= 0.6 is 0 Å². The molecule has 0 aromatic carbocycles. The molecule has 0 fully saturated rings. The van der Waals surface area contributed by atoms with Crippen LogP contribution in [0.5, 0.6) is 0 Å². The highest BCUT2D eigenvalue weighted by atomic mass is 16.7. The van der Waals surface area contributed by atoms with Gasteiger partial charge in [0.25, 0.3) is 0 Å². The summed E-state index contributed by atoms with van der Waals surface area (Å²) in [5, 5.41) is 32.7. The first-order valence-corrected chi connectivity index (χ1v) is 2.40. The van der Waals surface area contributed by atoms with Crippen LogP contribution in [0.2, 0.25) is 0 Å². The molecule has 6 heteroatoms. The van der Waals surface area contributed by atoms with Crippen molar-refractivity contribution in [3.05, 3.63) is 0 Å². The second-order valence-corrected chi connectivity index (χ2v) is 1.71. The van der Waals surface area contributed by atoms with Crippen molar-refractivity contribution in [2.75, 3.05) is 0 Å². The SMILES string of the molecule is CC(OC(=O)O)C(O)(O)O. The first-order chi connectivity index (χ1) is 4.34. The zero-order valence-electron chi connectivity index (χ0n) is 5.18. The molecule has 0 bridgehead atoms. The molecule has 0 aliphatic carbocycles. The average molecular weight is 152 g/mol. The van der Waals surface area contributed by atoms with Crippen molar-refractivity contribution < 1.29 is 30.0 Å². The second kappa shape index (κ2) is 2.82. The summed E-state index contributed by atoms with van der Waals surface area (Å²) in [5.41, 5.74) is 0. The Morgan fingerprint density at radius 2 is 1.90 bits per heavy atom. The monoisotopic (exact) mass is 152 g/mol. The highest BCUT2D eigenvalue weighted by molar-refractivity contribution is 5.57. The Bertz CT molecular complexity index is 124. The summed E-state index contributed by atoms with van der Waals surface area (Å²) in [7, 11) is 0. The summed E-state index contributed by atoms with van der Waals surface area (Å²) in [6.45, 7) is 0.994. The molecule has 0 radical (unpaired) electrons. The van der Waals surface area contributed by atoms with Gasteiger partial charge in [0.15, 0.2) is 6.10 Å². The minimum atomic E-state index is -3.11. The van der Waals surface area contributed by atoms with Crippen LogP contribution < -0.4 is 0 Å². The summed E-state index contributed by atoms with van der Waals surface area (Å²) in [4.78, 5) is 9.70. The summed E-state index contributed by atoms with van der Waals surface area (Å²) < 4.78 is 3.78.